The summed E-state index contributed by atoms with van der Waals surface area (Å²) in [5.41, 5.74) is 15.1. The molecule has 208 valence electrons. The second kappa shape index (κ2) is 17.9. The molecular formula is C45H18P2. The molecule has 0 aliphatic carbocycles. The highest BCUT2D eigenvalue weighted by Crippen LogP contribution is 2.39. The number of rotatable bonds is 4. The molecule has 0 aliphatic heterocycles. The van der Waals surface area contributed by atoms with Gasteiger partial charge in [-0.2, -0.15) is 0 Å². The smallest absolute Gasteiger partial charge is 0.0835 e. The van der Waals surface area contributed by atoms with Crippen LogP contribution in [0.25, 0.3) is 21.5 Å². The highest BCUT2D eigenvalue weighted by molar-refractivity contribution is 7.75. The van der Waals surface area contributed by atoms with E-state index in [2.05, 4.69) is 166 Å². The number of hydrogen-bond acceptors (Lipinski definition) is 0. The van der Waals surface area contributed by atoms with E-state index in [4.69, 9.17) is 25.7 Å². The monoisotopic (exact) mass is 620 g/mol. The fraction of sp³-hybridized carbons (Fsp3) is 0.0222. The average molecular weight is 621 g/mol. The van der Waals surface area contributed by atoms with Crippen molar-refractivity contribution in [3.8, 4) is 143 Å². The van der Waals surface area contributed by atoms with Crippen molar-refractivity contribution in [2.75, 3.05) is 0 Å². The van der Waals surface area contributed by atoms with Crippen molar-refractivity contribution in [3.05, 3.63) is 83.9 Å². The van der Waals surface area contributed by atoms with E-state index in [-0.39, 0.29) is 0 Å². The van der Waals surface area contributed by atoms with Gasteiger partial charge in [-0.3, -0.25) is 0 Å². The van der Waals surface area contributed by atoms with Crippen LogP contribution in [0.2, 0.25) is 0 Å². The Morgan fingerprint density at radius 3 is 1.06 bits per heavy atom. The Morgan fingerprint density at radius 2 is 0.723 bits per heavy atom. The zero-order valence-corrected chi connectivity index (χ0v) is 26.6. The molecule has 0 fully saturated rings. The average Bonchev–Trinajstić information content (AvgIpc) is 3.11. The molecular weight excluding hydrogens is 602 g/mol. The van der Waals surface area contributed by atoms with Gasteiger partial charge in [-0.05, 0) is 150 Å². The van der Waals surface area contributed by atoms with Crippen molar-refractivity contribution in [1.82, 2.24) is 0 Å². The molecule has 0 nitrogen and oxygen atoms in total. The van der Waals surface area contributed by atoms with Gasteiger partial charge in [0.1, 0.15) is 0 Å². The fourth-order valence-corrected chi connectivity index (χ4v) is 7.17. The molecule has 2 heteroatoms. The molecule has 0 aliphatic rings. The summed E-state index contributed by atoms with van der Waals surface area (Å²) in [5.74, 6) is 41.8. The minimum absolute atomic E-state index is 0.538. The minimum Gasteiger partial charge on any atom is -0.106 e. The highest BCUT2D eigenvalue weighted by atomic mass is 31.1. The molecule has 4 rings (SSSR count). The number of terminal acetylenes is 4. The largest absolute Gasteiger partial charge is 0.106 e. The summed E-state index contributed by atoms with van der Waals surface area (Å²) in [5, 5.41) is 6.27. The van der Waals surface area contributed by atoms with Crippen molar-refractivity contribution in [1.29, 1.82) is 0 Å². The van der Waals surface area contributed by atoms with Crippen molar-refractivity contribution >= 4 is 48.0 Å². The number of benzene rings is 4. The van der Waals surface area contributed by atoms with Gasteiger partial charge < -0.3 is 0 Å². The van der Waals surface area contributed by atoms with E-state index in [0.717, 1.165) is 43.3 Å². The lowest BCUT2D eigenvalue weighted by molar-refractivity contribution is 1.27. The van der Waals surface area contributed by atoms with Gasteiger partial charge in [0.05, 0.1) is 15.8 Å². The maximum atomic E-state index is 5.32. The van der Waals surface area contributed by atoms with Gasteiger partial charge in [0, 0.05) is 17.0 Å². The van der Waals surface area contributed by atoms with E-state index < -0.39 is 15.8 Å². The standard InChI is InChI=1S/C45H18P2/c1-5-9-13-21-33-46(34-22-14-10-6-2)44-31-29-38-25-17-19-27-40(38)42(44)37-43-41-28-20-18-26-39(41)30-32-45(43)47(35-23-15-11-7-3)36-24-16-12-8-4/h1-4,17-20,25-32H,37H2. The Kier molecular flexibility index (Phi) is 12.6. The molecule has 4 aromatic carbocycles. The third-order valence-corrected chi connectivity index (χ3v) is 9.47. The Bertz CT molecular complexity index is 2310. The predicted molar refractivity (Wildman–Crippen MR) is 201 cm³/mol. The molecule has 0 saturated carbocycles. The van der Waals surface area contributed by atoms with E-state index in [1.54, 1.807) is 0 Å². The topological polar surface area (TPSA) is 0 Å². The van der Waals surface area contributed by atoms with Gasteiger partial charge >= 0.3 is 0 Å². The molecule has 0 spiro atoms. The second-order valence-corrected chi connectivity index (χ2v) is 12.1. The summed E-state index contributed by atoms with van der Waals surface area (Å²) in [6, 6.07) is 24.8. The number of fused-ring (bicyclic) bond motifs is 2. The van der Waals surface area contributed by atoms with Crippen LogP contribution in [0.4, 0.5) is 0 Å². The molecule has 0 amide bonds. The molecule has 0 unspecified atom stereocenters. The first-order chi connectivity index (χ1) is 23.2. The van der Waals surface area contributed by atoms with E-state index in [1.807, 2.05) is 24.3 Å². The van der Waals surface area contributed by atoms with Gasteiger partial charge in [-0.1, -0.05) is 72.8 Å². The fourth-order valence-electron chi connectivity index (χ4n) is 4.52. The van der Waals surface area contributed by atoms with Crippen molar-refractivity contribution < 1.29 is 0 Å². The van der Waals surface area contributed by atoms with Crippen LogP contribution in [0.15, 0.2) is 72.8 Å². The lowest BCUT2D eigenvalue weighted by atomic mass is 9.95. The van der Waals surface area contributed by atoms with Crippen LogP contribution in [-0.4, -0.2) is 0 Å². The van der Waals surface area contributed by atoms with Gasteiger partial charge in [-0.25, -0.2) is 0 Å². The maximum Gasteiger partial charge on any atom is 0.0835 e. The summed E-state index contributed by atoms with van der Waals surface area (Å²) >= 11 is 0. The Hall–Kier alpha value is -7.02. The first-order valence-electron chi connectivity index (χ1n) is 13.7. The lowest BCUT2D eigenvalue weighted by Gasteiger charge is -2.19. The molecule has 0 aromatic heterocycles. The van der Waals surface area contributed by atoms with Crippen molar-refractivity contribution in [2.24, 2.45) is 0 Å². The van der Waals surface area contributed by atoms with E-state index in [0.29, 0.717) is 6.42 Å². The molecule has 4 aromatic rings. The van der Waals surface area contributed by atoms with Crippen LogP contribution in [-0.2, 0) is 6.42 Å². The summed E-state index contributed by atoms with van der Waals surface area (Å²) in [6.45, 7) is 0. The van der Waals surface area contributed by atoms with Gasteiger partial charge in [0.2, 0.25) is 0 Å². The lowest BCUT2D eigenvalue weighted by Crippen LogP contribution is -2.15. The Labute approximate surface area is 280 Å². The van der Waals surface area contributed by atoms with Crippen molar-refractivity contribution in [2.45, 2.75) is 6.42 Å². The maximum absolute atomic E-state index is 5.32. The minimum atomic E-state index is -1.36. The molecule has 0 atom stereocenters. The molecule has 0 saturated heterocycles. The molecule has 0 heterocycles. The molecule has 0 radical (unpaired) electrons. The van der Waals surface area contributed by atoms with E-state index in [9.17, 15) is 0 Å². The van der Waals surface area contributed by atoms with Gasteiger partial charge in [-0.15, -0.1) is 25.7 Å². The molecule has 0 bridgehead atoms. The van der Waals surface area contributed by atoms with Crippen LogP contribution in [0.3, 0.4) is 0 Å². The van der Waals surface area contributed by atoms with Gasteiger partial charge in [0.25, 0.3) is 0 Å². The first kappa shape index (κ1) is 32.9. The Balaban J connectivity index is 2.06. The van der Waals surface area contributed by atoms with E-state index in [1.165, 1.54) is 0 Å². The summed E-state index contributed by atoms with van der Waals surface area (Å²) < 4.78 is 0. The van der Waals surface area contributed by atoms with E-state index >= 15 is 0 Å². The zero-order valence-electron chi connectivity index (χ0n) is 24.8. The van der Waals surface area contributed by atoms with Crippen LogP contribution < -0.4 is 10.6 Å². The third kappa shape index (κ3) is 9.00. The number of hydrogen-bond donors (Lipinski definition) is 0. The summed E-state index contributed by atoms with van der Waals surface area (Å²) in [6.07, 6.45) is 21.8. The third-order valence-electron chi connectivity index (χ3n) is 6.33. The van der Waals surface area contributed by atoms with Crippen LogP contribution >= 0.6 is 15.8 Å². The normalized spacial score (nSPS) is 8.30. The summed E-state index contributed by atoms with van der Waals surface area (Å²) in [7, 11) is -2.73. The zero-order chi connectivity index (χ0) is 33.1. The van der Waals surface area contributed by atoms with Crippen LogP contribution in [0.5, 0.6) is 0 Å². The highest BCUT2D eigenvalue weighted by Gasteiger charge is 2.20. The second-order valence-electron chi connectivity index (χ2n) is 8.94. The van der Waals surface area contributed by atoms with Crippen LogP contribution in [0.1, 0.15) is 11.1 Å². The van der Waals surface area contributed by atoms with Crippen LogP contribution in [0, 0.1) is 143 Å². The van der Waals surface area contributed by atoms with Crippen molar-refractivity contribution in [3.63, 3.8) is 0 Å². The van der Waals surface area contributed by atoms with Gasteiger partial charge in [0.15, 0.2) is 0 Å². The molecule has 0 N–H and O–H groups in total. The predicted octanol–water partition coefficient (Wildman–Crippen LogP) is 6.19. The summed E-state index contributed by atoms with van der Waals surface area (Å²) in [4.78, 5) is 0. The molecule has 47 heavy (non-hydrogen) atoms. The SMILES string of the molecule is C#CC#CC#CP(C#CC#CC#C)c1ccc2ccccc2c1Cc1c(P(C#CC#CC#C)C#CC#CC#C)ccc2ccccc12. The first-order valence-corrected chi connectivity index (χ1v) is 16.4. The quantitative estimate of drug-likeness (QED) is 0.189. The Morgan fingerprint density at radius 1 is 0.383 bits per heavy atom.